The van der Waals surface area contributed by atoms with Crippen molar-refractivity contribution in [3.05, 3.63) is 54.2 Å². The molecule has 5 heteroatoms. The van der Waals surface area contributed by atoms with Gasteiger partial charge >= 0.3 is 0 Å². The Labute approximate surface area is 136 Å². The van der Waals surface area contributed by atoms with Crippen LogP contribution in [0.15, 0.2) is 48.7 Å². The molecule has 0 fully saturated rings. The monoisotopic (exact) mass is 309 g/mol. The van der Waals surface area contributed by atoms with E-state index in [4.69, 9.17) is 14.7 Å². The van der Waals surface area contributed by atoms with Gasteiger partial charge in [-0.05, 0) is 17.7 Å². The molecule has 0 saturated carbocycles. The van der Waals surface area contributed by atoms with Crippen molar-refractivity contribution in [3.8, 4) is 17.7 Å². The van der Waals surface area contributed by atoms with Gasteiger partial charge in [-0.3, -0.25) is 4.90 Å². The van der Waals surface area contributed by atoms with Crippen molar-refractivity contribution in [3.63, 3.8) is 0 Å². The molecule has 5 nitrogen and oxygen atoms in total. The van der Waals surface area contributed by atoms with Crippen molar-refractivity contribution < 1.29 is 9.47 Å². The third-order valence-corrected chi connectivity index (χ3v) is 3.69. The minimum atomic E-state index is -0.0835. The lowest BCUT2D eigenvalue weighted by atomic mass is 10.2. The quantitative estimate of drug-likeness (QED) is 0.821. The zero-order valence-electron chi connectivity index (χ0n) is 12.9. The lowest BCUT2D eigenvalue weighted by molar-refractivity contribution is 0.0523. The van der Waals surface area contributed by atoms with Crippen molar-refractivity contribution in [1.29, 1.82) is 5.26 Å². The molecule has 118 valence electrons. The number of hydrogen-bond donors (Lipinski definition) is 0. The largest absolute Gasteiger partial charge is 0.484 e. The maximum Gasteiger partial charge on any atom is 0.257 e. The number of fused-ring (bicyclic) bond motifs is 1. The van der Waals surface area contributed by atoms with E-state index in [1.807, 2.05) is 30.3 Å². The topological polar surface area (TPSA) is 58.4 Å². The van der Waals surface area contributed by atoms with Crippen LogP contribution >= 0.6 is 0 Å². The standard InChI is InChI=1S/C18H19N3O2/c19-9-5-11-21(12-15-6-2-1-3-7-15)13-16-14-22-17-8-4-10-20-18(17)23-16/h1-4,6-8,10,16H,5,11-14H2/t16-/m0/s1. The Morgan fingerprint density at radius 1 is 1.22 bits per heavy atom. The van der Waals surface area contributed by atoms with Crippen molar-refractivity contribution in [2.24, 2.45) is 0 Å². The summed E-state index contributed by atoms with van der Waals surface area (Å²) in [6, 6.07) is 16.1. The lowest BCUT2D eigenvalue weighted by Crippen LogP contribution is -2.41. The number of rotatable bonds is 6. The first-order valence-electron chi connectivity index (χ1n) is 7.73. The maximum atomic E-state index is 8.87. The average molecular weight is 309 g/mol. The van der Waals surface area contributed by atoms with E-state index in [9.17, 15) is 0 Å². The second-order valence-electron chi connectivity index (χ2n) is 5.49. The molecule has 3 rings (SSSR count). The van der Waals surface area contributed by atoms with Crippen LogP contribution in [0.4, 0.5) is 0 Å². The summed E-state index contributed by atoms with van der Waals surface area (Å²) in [4.78, 5) is 6.43. The first kappa shape index (κ1) is 15.3. The molecule has 2 heterocycles. The van der Waals surface area contributed by atoms with Crippen molar-refractivity contribution in [1.82, 2.24) is 9.88 Å². The molecule has 1 aliphatic heterocycles. The zero-order valence-corrected chi connectivity index (χ0v) is 12.9. The van der Waals surface area contributed by atoms with Crippen LogP contribution in [0.1, 0.15) is 12.0 Å². The maximum absolute atomic E-state index is 8.87. The van der Waals surface area contributed by atoms with E-state index in [0.717, 1.165) is 6.54 Å². The van der Waals surface area contributed by atoms with E-state index in [0.29, 0.717) is 37.7 Å². The van der Waals surface area contributed by atoms with Crippen LogP contribution in [-0.2, 0) is 6.54 Å². The van der Waals surface area contributed by atoms with Gasteiger partial charge in [0.15, 0.2) is 5.75 Å². The van der Waals surface area contributed by atoms with Crippen LogP contribution in [0, 0.1) is 11.3 Å². The molecule has 0 spiro atoms. The molecule has 23 heavy (non-hydrogen) atoms. The van der Waals surface area contributed by atoms with Crippen LogP contribution < -0.4 is 9.47 Å². The minimum absolute atomic E-state index is 0.0835. The molecule has 0 aliphatic carbocycles. The van der Waals surface area contributed by atoms with E-state index >= 15 is 0 Å². The molecular formula is C18H19N3O2. The molecular weight excluding hydrogens is 290 g/mol. The third-order valence-electron chi connectivity index (χ3n) is 3.69. The summed E-state index contributed by atoms with van der Waals surface area (Å²) in [5.41, 5.74) is 1.22. The van der Waals surface area contributed by atoms with Crippen LogP contribution in [0.3, 0.4) is 0 Å². The summed E-state index contributed by atoms with van der Waals surface area (Å²) in [6.45, 7) is 2.70. The molecule has 0 saturated heterocycles. The van der Waals surface area contributed by atoms with Gasteiger partial charge in [0, 0.05) is 32.3 Å². The highest BCUT2D eigenvalue weighted by Crippen LogP contribution is 2.28. The molecule has 1 atom stereocenters. The average Bonchev–Trinajstić information content (AvgIpc) is 2.60. The van der Waals surface area contributed by atoms with Gasteiger partial charge < -0.3 is 9.47 Å². The van der Waals surface area contributed by atoms with Gasteiger partial charge in [0.25, 0.3) is 5.88 Å². The lowest BCUT2D eigenvalue weighted by Gasteiger charge is -2.30. The van der Waals surface area contributed by atoms with Gasteiger partial charge in [-0.25, -0.2) is 4.98 Å². The first-order chi connectivity index (χ1) is 11.3. The zero-order chi connectivity index (χ0) is 15.9. The smallest absolute Gasteiger partial charge is 0.257 e. The number of nitrogens with zero attached hydrogens (tertiary/aromatic N) is 3. The Morgan fingerprint density at radius 2 is 2.09 bits per heavy atom. The van der Waals surface area contributed by atoms with Crippen molar-refractivity contribution in [2.45, 2.75) is 19.1 Å². The summed E-state index contributed by atoms with van der Waals surface area (Å²) < 4.78 is 11.6. The SMILES string of the molecule is N#CCCN(Cc1ccccc1)C[C@H]1COc2cccnc2O1. The van der Waals surface area contributed by atoms with E-state index in [-0.39, 0.29) is 6.10 Å². The molecule has 1 aromatic carbocycles. The van der Waals surface area contributed by atoms with E-state index in [1.54, 1.807) is 6.20 Å². The molecule has 1 aliphatic rings. The molecule has 0 N–H and O–H groups in total. The minimum Gasteiger partial charge on any atom is -0.484 e. The summed E-state index contributed by atoms with van der Waals surface area (Å²) in [6.07, 6.45) is 2.11. The fourth-order valence-electron chi connectivity index (χ4n) is 2.61. The van der Waals surface area contributed by atoms with Crippen molar-refractivity contribution >= 4 is 0 Å². The Kier molecular flexibility index (Phi) is 5.07. The number of benzene rings is 1. The van der Waals surface area contributed by atoms with Crippen LogP contribution in [0.25, 0.3) is 0 Å². The van der Waals surface area contributed by atoms with E-state index in [2.05, 4.69) is 28.1 Å². The fraction of sp³-hybridized carbons (Fsp3) is 0.333. The van der Waals surface area contributed by atoms with Gasteiger partial charge in [-0.15, -0.1) is 0 Å². The summed E-state index contributed by atoms with van der Waals surface area (Å²) >= 11 is 0. The second-order valence-corrected chi connectivity index (χ2v) is 5.49. The Balaban J connectivity index is 1.63. The van der Waals surface area contributed by atoms with Gasteiger partial charge in [0.2, 0.25) is 0 Å². The predicted molar refractivity (Wildman–Crippen MR) is 86.1 cm³/mol. The molecule has 2 aromatic rings. The van der Waals surface area contributed by atoms with Gasteiger partial charge in [0.1, 0.15) is 12.7 Å². The summed E-state index contributed by atoms with van der Waals surface area (Å²) in [5.74, 6) is 1.24. The van der Waals surface area contributed by atoms with Crippen LogP contribution in [0.2, 0.25) is 0 Å². The van der Waals surface area contributed by atoms with Gasteiger partial charge in [-0.1, -0.05) is 30.3 Å². The van der Waals surface area contributed by atoms with E-state index in [1.165, 1.54) is 5.56 Å². The van der Waals surface area contributed by atoms with Crippen molar-refractivity contribution in [2.75, 3.05) is 19.7 Å². The number of pyridine rings is 1. The Hall–Kier alpha value is -2.58. The Bertz CT molecular complexity index is 669. The first-order valence-corrected chi connectivity index (χ1v) is 7.73. The Morgan fingerprint density at radius 3 is 2.91 bits per heavy atom. The van der Waals surface area contributed by atoms with Gasteiger partial charge in [0.05, 0.1) is 6.07 Å². The molecule has 0 amide bonds. The van der Waals surface area contributed by atoms with Gasteiger partial charge in [-0.2, -0.15) is 5.26 Å². The summed E-state index contributed by atoms with van der Waals surface area (Å²) in [7, 11) is 0. The second kappa shape index (κ2) is 7.61. The predicted octanol–water partition coefficient (Wildman–Crippen LogP) is 2.64. The van der Waals surface area contributed by atoms with Crippen LogP contribution in [0.5, 0.6) is 11.6 Å². The number of nitriles is 1. The number of ether oxygens (including phenoxy) is 2. The highest BCUT2D eigenvalue weighted by atomic mass is 16.6. The molecule has 0 radical (unpaired) electrons. The molecule has 0 bridgehead atoms. The van der Waals surface area contributed by atoms with Crippen LogP contribution in [-0.4, -0.2) is 35.7 Å². The molecule has 1 aromatic heterocycles. The normalized spacial score (nSPS) is 16.1. The summed E-state index contributed by atoms with van der Waals surface area (Å²) in [5, 5.41) is 8.87. The third kappa shape index (κ3) is 4.21. The van der Waals surface area contributed by atoms with E-state index < -0.39 is 0 Å². The highest BCUT2D eigenvalue weighted by molar-refractivity contribution is 5.34. The number of hydrogen-bond acceptors (Lipinski definition) is 5. The molecule has 0 unspecified atom stereocenters. The highest BCUT2D eigenvalue weighted by Gasteiger charge is 2.24. The fourth-order valence-corrected chi connectivity index (χ4v) is 2.61. The number of aromatic nitrogens is 1.